The second kappa shape index (κ2) is 10.9. The maximum Gasteiger partial charge on any atom is 0.178 e. The summed E-state index contributed by atoms with van der Waals surface area (Å²) in [6.07, 6.45) is 9.05. The van der Waals surface area contributed by atoms with Crippen molar-refractivity contribution in [2.45, 2.75) is 72.8 Å². The van der Waals surface area contributed by atoms with Crippen LogP contribution in [0.4, 0.5) is 0 Å². The third-order valence-electron chi connectivity index (χ3n) is 7.45. The molecule has 5 heteroatoms. The van der Waals surface area contributed by atoms with Crippen molar-refractivity contribution in [3.63, 3.8) is 0 Å². The zero-order chi connectivity index (χ0) is 22.4. The summed E-state index contributed by atoms with van der Waals surface area (Å²) in [7, 11) is 0. The van der Waals surface area contributed by atoms with Crippen molar-refractivity contribution in [1.29, 1.82) is 0 Å². The number of ether oxygens (including phenoxy) is 2. The smallest absolute Gasteiger partial charge is 0.178 e. The molecule has 0 bridgehead atoms. The lowest BCUT2D eigenvalue weighted by molar-refractivity contribution is -0.471. The molecule has 2 fully saturated rings. The number of hydrogen-bond donors (Lipinski definition) is 0. The summed E-state index contributed by atoms with van der Waals surface area (Å²) in [5, 5.41) is 12.7. The Kier molecular flexibility index (Phi) is 8.49. The van der Waals surface area contributed by atoms with Gasteiger partial charge in [-0.25, -0.2) is 4.74 Å². The Labute approximate surface area is 196 Å². The summed E-state index contributed by atoms with van der Waals surface area (Å²) in [5.74, 6) is 3.39. The largest absolute Gasteiger partial charge is 0.624 e. The predicted octanol–water partition coefficient (Wildman–Crippen LogP) is 7.09. The second-order valence-electron chi connectivity index (χ2n) is 9.43. The minimum absolute atomic E-state index is 0.314. The fraction of sp³-hybridized carbons (Fsp3) is 0.654. The van der Waals surface area contributed by atoms with Gasteiger partial charge in [0, 0.05) is 18.1 Å². The van der Waals surface area contributed by atoms with Gasteiger partial charge in [-0.15, -0.1) is 0 Å². The fourth-order valence-corrected chi connectivity index (χ4v) is 6.61. The molecule has 2 aliphatic carbocycles. The first-order chi connectivity index (χ1) is 14.9. The van der Waals surface area contributed by atoms with Crippen LogP contribution in [-0.4, -0.2) is 24.2 Å². The molecule has 0 heterocycles. The molecule has 0 amide bonds. The van der Waals surface area contributed by atoms with Gasteiger partial charge in [0.1, 0.15) is 11.5 Å². The van der Waals surface area contributed by atoms with Gasteiger partial charge in [0.25, 0.3) is 0 Å². The lowest BCUT2D eigenvalue weighted by atomic mass is 9.61. The summed E-state index contributed by atoms with van der Waals surface area (Å²) in [6, 6.07) is 5.76. The van der Waals surface area contributed by atoms with Crippen molar-refractivity contribution < 1.29 is 14.2 Å². The number of fused-ring (bicyclic) bond motifs is 1. The van der Waals surface area contributed by atoms with Crippen LogP contribution in [0.2, 0.25) is 0 Å². The average molecular weight is 492 g/mol. The summed E-state index contributed by atoms with van der Waals surface area (Å²) in [5.41, 5.74) is 2.88. The van der Waals surface area contributed by atoms with E-state index >= 15 is 0 Å². The second-order valence-corrected chi connectivity index (χ2v) is 9.89. The van der Waals surface area contributed by atoms with Crippen molar-refractivity contribution in [2.24, 2.45) is 23.2 Å². The van der Waals surface area contributed by atoms with Gasteiger partial charge in [0.15, 0.2) is 12.8 Å². The van der Waals surface area contributed by atoms with Gasteiger partial charge < -0.3 is 14.7 Å². The highest BCUT2D eigenvalue weighted by Crippen LogP contribution is 2.59. The van der Waals surface area contributed by atoms with Gasteiger partial charge in [0.05, 0.1) is 13.2 Å². The standard InChI is InChI=1S/C26H38BrNO3/c1-5-30-22-14-20(15-23(16-22)31-6-2)18-28(29)13-11-19(3)24-9-10-25-21(17-27)8-7-12-26(24,25)4/h13-17,19,24-25H,5-12,18H2,1-4H3/b21-17+,28-13-/t19-,24-,25+,26-/m1/s1. The van der Waals surface area contributed by atoms with Gasteiger partial charge in [0.2, 0.25) is 0 Å². The number of hydroxylamine groups is 1. The van der Waals surface area contributed by atoms with Gasteiger partial charge in [-0.3, -0.25) is 0 Å². The molecular formula is C26H38BrNO3. The Balaban J connectivity index is 1.65. The molecule has 31 heavy (non-hydrogen) atoms. The third kappa shape index (κ3) is 5.66. The summed E-state index contributed by atoms with van der Waals surface area (Å²) < 4.78 is 12.4. The first-order valence-corrected chi connectivity index (χ1v) is 12.8. The minimum atomic E-state index is 0.314. The maximum absolute atomic E-state index is 12.7. The summed E-state index contributed by atoms with van der Waals surface area (Å²) in [4.78, 5) is 2.18. The number of benzene rings is 1. The molecule has 172 valence electrons. The fourth-order valence-electron chi connectivity index (χ4n) is 6.06. The van der Waals surface area contributed by atoms with E-state index in [0.29, 0.717) is 42.9 Å². The molecule has 4 nitrogen and oxygen atoms in total. The van der Waals surface area contributed by atoms with Crippen molar-refractivity contribution in [1.82, 2.24) is 0 Å². The molecule has 2 aliphatic rings. The molecule has 0 unspecified atom stereocenters. The Morgan fingerprint density at radius 3 is 2.48 bits per heavy atom. The molecule has 0 radical (unpaired) electrons. The van der Waals surface area contributed by atoms with Gasteiger partial charge in [-0.05, 0) is 86.2 Å². The van der Waals surface area contributed by atoms with E-state index in [1.807, 2.05) is 38.3 Å². The molecule has 0 N–H and O–H groups in total. The molecule has 0 aromatic heterocycles. The van der Waals surface area contributed by atoms with Crippen molar-refractivity contribution in [3.8, 4) is 11.5 Å². The van der Waals surface area contributed by atoms with E-state index in [4.69, 9.17) is 9.47 Å². The Morgan fingerprint density at radius 1 is 1.19 bits per heavy atom. The van der Waals surface area contributed by atoms with Crippen LogP contribution >= 0.6 is 15.9 Å². The Hall–Kier alpha value is -1.49. The van der Waals surface area contributed by atoms with Crippen LogP contribution in [0, 0.1) is 28.4 Å². The molecule has 1 aromatic rings. The SMILES string of the molecule is CCOc1cc(C/[N+]([O-])=C/C[C@@H](C)[C@H]2CC[C@H]3/C(=C/Br)CCC[C@]23C)cc(OCC)c1. The zero-order valence-electron chi connectivity index (χ0n) is 19.5. The van der Waals surface area contributed by atoms with E-state index in [1.54, 1.807) is 5.57 Å². The van der Waals surface area contributed by atoms with Crippen LogP contribution in [0.3, 0.4) is 0 Å². The number of nitrogens with zero attached hydrogens (tertiary/aromatic N) is 1. The normalized spacial score (nSPS) is 28.4. The van der Waals surface area contributed by atoms with Gasteiger partial charge in [-0.1, -0.05) is 35.4 Å². The monoisotopic (exact) mass is 491 g/mol. The molecule has 2 saturated carbocycles. The van der Waals surface area contributed by atoms with E-state index in [-0.39, 0.29) is 0 Å². The van der Waals surface area contributed by atoms with Crippen LogP contribution in [0.5, 0.6) is 11.5 Å². The van der Waals surface area contributed by atoms with E-state index in [9.17, 15) is 5.21 Å². The zero-order valence-corrected chi connectivity index (χ0v) is 21.1. The molecule has 4 atom stereocenters. The van der Waals surface area contributed by atoms with E-state index in [2.05, 4.69) is 34.8 Å². The van der Waals surface area contributed by atoms with Crippen molar-refractivity contribution >= 4 is 22.1 Å². The van der Waals surface area contributed by atoms with Crippen LogP contribution in [0.15, 0.2) is 28.8 Å². The van der Waals surface area contributed by atoms with Crippen molar-refractivity contribution in [2.75, 3.05) is 13.2 Å². The third-order valence-corrected chi connectivity index (χ3v) is 8.03. The highest BCUT2D eigenvalue weighted by atomic mass is 79.9. The summed E-state index contributed by atoms with van der Waals surface area (Å²) >= 11 is 3.61. The van der Waals surface area contributed by atoms with E-state index in [0.717, 1.165) is 28.2 Å². The van der Waals surface area contributed by atoms with Crippen molar-refractivity contribution in [3.05, 3.63) is 39.5 Å². The highest BCUT2D eigenvalue weighted by Gasteiger charge is 2.50. The lowest BCUT2D eigenvalue weighted by Gasteiger charge is -2.44. The topological polar surface area (TPSA) is 44.5 Å². The van der Waals surface area contributed by atoms with Crippen LogP contribution in [-0.2, 0) is 6.54 Å². The van der Waals surface area contributed by atoms with Crippen LogP contribution < -0.4 is 9.47 Å². The van der Waals surface area contributed by atoms with Gasteiger partial charge >= 0.3 is 0 Å². The highest BCUT2D eigenvalue weighted by molar-refractivity contribution is 9.11. The first kappa shape index (κ1) is 24.2. The first-order valence-electron chi connectivity index (χ1n) is 11.9. The van der Waals surface area contributed by atoms with E-state index in [1.165, 1.54) is 32.1 Å². The van der Waals surface area contributed by atoms with Crippen LogP contribution in [0.25, 0.3) is 0 Å². The molecular weight excluding hydrogens is 454 g/mol. The molecule has 0 spiro atoms. The quantitative estimate of drug-likeness (QED) is 0.160. The molecule has 0 saturated heterocycles. The van der Waals surface area contributed by atoms with Crippen LogP contribution in [0.1, 0.15) is 71.8 Å². The number of rotatable bonds is 9. The lowest BCUT2D eigenvalue weighted by Crippen LogP contribution is -2.36. The minimum Gasteiger partial charge on any atom is -0.624 e. The molecule has 3 rings (SSSR count). The number of hydrogen-bond acceptors (Lipinski definition) is 3. The Bertz CT molecular complexity index is 782. The molecule has 1 aromatic carbocycles. The predicted molar refractivity (Wildman–Crippen MR) is 131 cm³/mol. The maximum atomic E-state index is 12.7. The number of halogens is 1. The average Bonchev–Trinajstić information content (AvgIpc) is 3.09. The molecule has 0 aliphatic heterocycles. The summed E-state index contributed by atoms with van der Waals surface area (Å²) in [6.45, 7) is 10.2. The number of allylic oxidation sites excluding steroid dienone is 1. The Morgan fingerprint density at radius 2 is 1.87 bits per heavy atom. The van der Waals surface area contributed by atoms with E-state index < -0.39 is 0 Å². The van der Waals surface area contributed by atoms with Gasteiger partial charge in [-0.2, -0.15) is 0 Å².